The topological polar surface area (TPSA) is 15.3 Å². The molecule has 2 rings (SSSR count). The molecule has 1 N–H and O–H groups in total. The number of aryl methyl sites for hydroxylation is 1. The molecule has 0 saturated carbocycles. The van der Waals surface area contributed by atoms with Gasteiger partial charge in [-0.1, -0.05) is 18.2 Å². The van der Waals surface area contributed by atoms with Crippen molar-refractivity contribution in [1.29, 1.82) is 0 Å². The van der Waals surface area contributed by atoms with E-state index in [2.05, 4.69) is 10.2 Å². The van der Waals surface area contributed by atoms with Gasteiger partial charge in [0, 0.05) is 12.6 Å². The van der Waals surface area contributed by atoms with Crippen LogP contribution in [0.2, 0.25) is 0 Å². The SMILES string of the molecule is CNCC1CCCN1CCCc1ccccc1F. The molecule has 1 aromatic rings. The molecule has 0 amide bonds. The van der Waals surface area contributed by atoms with Gasteiger partial charge in [0.05, 0.1) is 0 Å². The van der Waals surface area contributed by atoms with E-state index in [9.17, 15) is 4.39 Å². The minimum Gasteiger partial charge on any atom is -0.318 e. The van der Waals surface area contributed by atoms with E-state index in [1.807, 2.05) is 19.2 Å². The highest BCUT2D eigenvalue weighted by molar-refractivity contribution is 5.17. The fourth-order valence-electron chi connectivity index (χ4n) is 2.83. The number of hydrogen-bond acceptors (Lipinski definition) is 2. The van der Waals surface area contributed by atoms with Crippen LogP contribution in [0.3, 0.4) is 0 Å². The van der Waals surface area contributed by atoms with Crippen molar-refractivity contribution in [3.8, 4) is 0 Å². The van der Waals surface area contributed by atoms with Crippen LogP contribution in [0, 0.1) is 5.82 Å². The van der Waals surface area contributed by atoms with Crippen molar-refractivity contribution >= 4 is 0 Å². The molecule has 0 aromatic heterocycles. The van der Waals surface area contributed by atoms with E-state index in [-0.39, 0.29) is 5.82 Å². The van der Waals surface area contributed by atoms with E-state index in [4.69, 9.17) is 0 Å². The number of halogens is 1. The van der Waals surface area contributed by atoms with Gasteiger partial charge in [0.2, 0.25) is 0 Å². The van der Waals surface area contributed by atoms with Gasteiger partial charge in [0.15, 0.2) is 0 Å². The molecule has 0 aliphatic carbocycles. The summed E-state index contributed by atoms with van der Waals surface area (Å²) in [4.78, 5) is 2.54. The van der Waals surface area contributed by atoms with Gasteiger partial charge in [-0.3, -0.25) is 4.90 Å². The Morgan fingerprint density at radius 1 is 1.39 bits per heavy atom. The van der Waals surface area contributed by atoms with Crippen LogP contribution in [-0.2, 0) is 6.42 Å². The smallest absolute Gasteiger partial charge is 0.126 e. The quantitative estimate of drug-likeness (QED) is 0.834. The standard InChI is InChI=1S/C15H23FN2/c1-17-12-14-8-5-11-18(14)10-4-7-13-6-2-3-9-15(13)16/h2-3,6,9,14,17H,4-5,7-8,10-12H2,1H3. The summed E-state index contributed by atoms with van der Waals surface area (Å²) in [5, 5.41) is 3.26. The van der Waals surface area contributed by atoms with Gasteiger partial charge < -0.3 is 5.32 Å². The zero-order valence-electron chi connectivity index (χ0n) is 11.2. The average molecular weight is 250 g/mol. The molecule has 1 saturated heterocycles. The summed E-state index contributed by atoms with van der Waals surface area (Å²) in [6, 6.07) is 7.79. The van der Waals surface area contributed by atoms with Gasteiger partial charge >= 0.3 is 0 Å². The molecule has 1 aliphatic heterocycles. The normalized spacial score (nSPS) is 20.4. The first-order valence-electron chi connectivity index (χ1n) is 6.93. The molecule has 1 atom stereocenters. The summed E-state index contributed by atoms with van der Waals surface area (Å²) in [6.45, 7) is 3.35. The molecular weight excluding hydrogens is 227 g/mol. The third-order valence-corrected chi connectivity index (χ3v) is 3.79. The third kappa shape index (κ3) is 3.53. The van der Waals surface area contributed by atoms with Gasteiger partial charge in [0.1, 0.15) is 5.82 Å². The van der Waals surface area contributed by atoms with E-state index in [1.165, 1.54) is 19.4 Å². The Labute approximate surface area is 109 Å². The molecule has 0 spiro atoms. The maximum Gasteiger partial charge on any atom is 0.126 e. The molecule has 3 heteroatoms. The number of nitrogens with one attached hydrogen (secondary N) is 1. The average Bonchev–Trinajstić information content (AvgIpc) is 2.80. The maximum absolute atomic E-state index is 13.5. The molecule has 0 radical (unpaired) electrons. The second-order valence-corrected chi connectivity index (χ2v) is 5.08. The first-order valence-corrected chi connectivity index (χ1v) is 6.93. The number of hydrogen-bond donors (Lipinski definition) is 1. The van der Waals surface area contributed by atoms with Gasteiger partial charge in [-0.15, -0.1) is 0 Å². The van der Waals surface area contributed by atoms with Crippen molar-refractivity contribution in [2.75, 3.05) is 26.7 Å². The lowest BCUT2D eigenvalue weighted by molar-refractivity contribution is 0.247. The van der Waals surface area contributed by atoms with Crippen LogP contribution in [0.25, 0.3) is 0 Å². The second kappa shape index (κ2) is 6.86. The summed E-state index contributed by atoms with van der Waals surface area (Å²) in [6.07, 6.45) is 4.48. The van der Waals surface area contributed by atoms with Crippen LogP contribution in [-0.4, -0.2) is 37.6 Å². The fourth-order valence-corrected chi connectivity index (χ4v) is 2.83. The molecule has 100 valence electrons. The minimum atomic E-state index is -0.0642. The first-order chi connectivity index (χ1) is 8.81. The van der Waals surface area contributed by atoms with Gasteiger partial charge in [-0.05, 0) is 57.5 Å². The lowest BCUT2D eigenvalue weighted by Crippen LogP contribution is -2.37. The van der Waals surface area contributed by atoms with Crippen LogP contribution in [0.5, 0.6) is 0 Å². The molecule has 2 nitrogen and oxygen atoms in total. The number of rotatable bonds is 6. The van der Waals surface area contributed by atoms with Crippen LogP contribution >= 0.6 is 0 Å². The predicted octanol–water partition coefficient (Wildman–Crippen LogP) is 2.44. The number of likely N-dealkylation sites (tertiary alicyclic amines) is 1. The molecule has 1 fully saturated rings. The van der Waals surface area contributed by atoms with Crippen molar-refractivity contribution in [3.63, 3.8) is 0 Å². The Kier molecular flexibility index (Phi) is 5.14. The first kappa shape index (κ1) is 13.5. The largest absolute Gasteiger partial charge is 0.318 e. The fraction of sp³-hybridized carbons (Fsp3) is 0.600. The van der Waals surface area contributed by atoms with E-state index in [0.717, 1.165) is 31.5 Å². The monoisotopic (exact) mass is 250 g/mol. The Morgan fingerprint density at radius 2 is 2.22 bits per heavy atom. The Balaban J connectivity index is 1.76. The zero-order valence-corrected chi connectivity index (χ0v) is 11.2. The molecule has 0 bridgehead atoms. The Hall–Kier alpha value is -0.930. The van der Waals surface area contributed by atoms with Crippen molar-refractivity contribution in [1.82, 2.24) is 10.2 Å². The van der Waals surface area contributed by atoms with Crippen LogP contribution in [0.4, 0.5) is 4.39 Å². The summed E-state index contributed by atoms with van der Waals surface area (Å²) in [5.74, 6) is -0.0642. The molecule has 1 aliphatic rings. The predicted molar refractivity (Wildman–Crippen MR) is 73.2 cm³/mol. The van der Waals surface area contributed by atoms with Crippen molar-refractivity contribution in [3.05, 3.63) is 35.6 Å². The van der Waals surface area contributed by atoms with E-state index < -0.39 is 0 Å². The van der Waals surface area contributed by atoms with Gasteiger partial charge in [-0.25, -0.2) is 4.39 Å². The lowest BCUT2D eigenvalue weighted by atomic mass is 10.1. The van der Waals surface area contributed by atoms with E-state index >= 15 is 0 Å². The van der Waals surface area contributed by atoms with Crippen LogP contribution in [0.15, 0.2) is 24.3 Å². The second-order valence-electron chi connectivity index (χ2n) is 5.08. The molecule has 18 heavy (non-hydrogen) atoms. The van der Waals surface area contributed by atoms with Gasteiger partial charge in [-0.2, -0.15) is 0 Å². The van der Waals surface area contributed by atoms with Crippen LogP contribution < -0.4 is 5.32 Å². The molecule has 1 unspecified atom stereocenters. The highest BCUT2D eigenvalue weighted by Crippen LogP contribution is 2.17. The van der Waals surface area contributed by atoms with Crippen molar-refractivity contribution in [2.24, 2.45) is 0 Å². The summed E-state index contributed by atoms with van der Waals surface area (Å²) >= 11 is 0. The van der Waals surface area contributed by atoms with Gasteiger partial charge in [0.25, 0.3) is 0 Å². The van der Waals surface area contributed by atoms with E-state index in [1.54, 1.807) is 12.1 Å². The number of likely N-dealkylation sites (N-methyl/N-ethyl adjacent to an activating group) is 1. The summed E-state index contributed by atoms with van der Waals surface area (Å²) in [5.41, 5.74) is 0.849. The minimum absolute atomic E-state index is 0.0642. The highest BCUT2D eigenvalue weighted by Gasteiger charge is 2.22. The molecular formula is C15H23FN2. The van der Waals surface area contributed by atoms with Crippen LogP contribution in [0.1, 0.15) is 24.8 Å². The zero-order chi connectivity index (χ0) is 12.8. The third-order valence-electron chi connectivity index (χ3n) is 3.79. The number of benzene rings is 1. The summed E-state index contributed by atoms with van der Waals surface area (Å²) < 4.78 is 13.5. The molecule has 1 aromatic carbocycles. The Bertz CT molecular complexity index is 367. The summed E-state index contributed by atoms with van der Waals surface area (Å²) in [7, 11) is 2.01. The Morgan fingerprint density at radius 3 is 3.00 bits per heavy atom. The maximum atomic E-state index is 13.5. The molecule has 1 heterocycles. The van der Waals surface area contributed by atoms with E-state index in [0.29, 0.717) is 6.04 Å². The highest BCUT2D eigenvalue weighted by atomic mass is 19.1. The van der Waals surface area contributed by atoms with Crippen molar-refractivity contribution in [2.45, 2.75) is 31.7 Å². The lowest BCUT2D eigenvalue weighted by Gasteiger charge is -2.24. The van der Waals surface area contributed by atoms with Crippen molar-refractivity contribution < 1.29 is 4.39 Å². The number of nitrogens with zero attached hydrogens (tertiary/aromatic N) is 1.